The van der Waals surface area contributed by atoms with Gasteiger partial charge in [0.15, 0.2) is 0 Å². The van der Waals surface area contributed by atoms with Crippen molar-refractivity contribution in [3.63, 3.8) is 0 Å². The van der Waals surface area contributed by atoms with Crippen molar-refractivity contribution < 1.29 is 17.6 Å². The summed E-state index contributed by atoms with van der Waals surface area (Å²) in [4.78, 5) is 11.6. The molecule has 0 unspecified atom stereocenters. The minimum Gasteiger partial charge on any atom is -0.347 e. The molecule has 3 N–H and O–H groups in total. The normalized spacial score (nSPS) is 12.3. The smallest absolute Gasteiger partial charge is 0.252 e. The topological polar surface area (TPSA) is 89.3 Å². The molecule has 1 rings (SSSR count). The zero-order valence-electron chi connectivity index (χ0n) is 12.0. The van der Waals surface area contributed by atoms with Gasteiger partial charge in [-0.15, -0.1) is 0 Å². The van der Waals surface area contributed by atoms with Crippen LogP contribution >= 0.6 is 15.9 Å². The zero-order valence-corrected chi connectivity index (χ0v) is 14.4. The van der Waals surface area contributed by atoms with Crippen LogP contribution < -0.4 is 10.5 Å². The van der Waals surface area contributed by atoms with Crippen LogP contribution in [0.5, 0.6) is 0 Å². The minimum atomic E-state index is -4.24. The average molecular weight is 381 g/mol. The molecule has 0 spiro atoms. The van der Waals surface area contributed by atoms with Crippen molar-refractivity contribution in [1.82, 2.24) is 5.32 Å². The molecule has 0 saturated carbocycles. The molecule has 0 saturated heterocycles. The second-order valence-electron chi connectivity index (χ2n) is 5.03. The van der Waals surface area contributed by atoms with E-state index in [0.29, 0.717) is 12.8 Å². The standard InChI is InChI=1S/C13H18BrFN2O3S/c1-4-13(3,5-2)17-12(18)8-6-11(21(16,19)20)10(15)7-9(8)14/h6-7H,4-5H2,1-3H3,(H,17,18)(H2,16,19,20). The van der Waals surface area contributed by atoms with Crippen LogP contribution in [-0.4, -0.2) is 19.9 Å². The Bertz CT molecular complexity index is 658. The van der Waals surface area contributed by atoms with Gasteiger partial charge < -0.3 is 5.32 Å². The number of hydrogen-bond donors (Lipinski definition) is 2. The number of halogens is 2. The Labute approximate surface area is 132 Å². The number of nitrogens with one attached hydrogen (secondary N) is 1. The van der Waals surface area contributed by atoms with Crippen molar-refractivity contribution in [2.24, 2.45) is 5.14 Å². The van der Waals surface area contributed by atoms with Gasteiger partial charge in [-0.05, 0) is 47.8 Å². The van der Waals surface area contributed by atoms with E-state index in [9.17, 15) is 17.6 Å². The zero-order chi connectivity index (χ0) is 16.4. The minimum absolute atomic E-state index is 0.0218. The van der Waals surface area contributed by atoms with E-state index in [1.807, 2.05) is 20.8 Å². The van der Waals surface area contributed by atoms with Crippen molar-refractivity contribution >= 4 is 31.9 Å². The van der Waals surface area contributed by atoms with Crippen molar-refractivity contribution in [1.29, 1.82) is 0 Å². The number of hydrogen-bond acceptors (Lipinski definition) is 3. The Morgan fingerprint density at radius 3 is 2.33 bits per heavy atom. The summed E-state index contributed by atoms with van der Waals surface area (Å²) in [7, 11) is -4.24. The third-order valence-corrected chi connectivity index (χ3v) is 5.13. The first-order valence-corrected chi connectivity index (χ1v) is 8.72. The predicted octanol–water partition coefficient (Wildman–Crippen LogP) is 2.54. The molecule has 5 nitrogen and oxygen atoms in total. The molecule has 118 valence electrons. The summed E-state index contributed by atoms with van der Waals surface area (Å²) in [6.07, 6.45) is 1.41. The number of rotatable bonds is 5. The number of sulfonamides is 1. The van der Waals surface area contributed by atoms with Crippen LogP contribution in [-0.2, 0) is 10.0 Å². The molecular weight excluding hydrogens is 363 g/mol. The number of nitrogens with two attached hydrogens (primary N) is 1. The van der Waals surface area contributed by atoms with Crippen LogP contribution in [0.4, 0.5) is 4.39 Å². The Balaban J connectivity index is 3.28. The molecule has 0 fully saturated rings. The fraction of sp³-hybridized carbons (Fsp3) is 0.462. The maximum Gasteiger partial charge on any atom is 0.252 e. The van der Waals surface area contributed by atoms with Gasteiger partial charge in [0.05, 0.1) is 5.56 Å². The van der Waals surface area contributed by atoms with Crippen LogP contribution in [0.2, 0.25) is 0 Å². The lowest BCUT2D eigenvalue weighted by molar-refractivity contribution is 0.0900. The maximum absolute atomic E-state index is 13.6. The van der Waals surface area contributed by atoms with Gasteiger partial charge in [0, 0.05) is 10.0 Å². The highest BCUT2D eigenvalue weighted by Crippen LogP contribution is 2.25. The largest absolute Gasteiger partial charge is 0.347 e. The summed E-state index contributed by atoms with van der Waals surface area (Å²) >= 11 is 3.06. The van der Waals surface area contributed by atoms with Crippen LogP contribution in [0.15, 0.2) is 21.5 Å². The van der Waals surface area contributed by atoms with Gasteiger partial charge >= 0.3 is 0 Å². The summed E-state index contributed by atoms with van der Waals surface area (Å²) in [5.41, 5.74) is -0.402. The monoisotopic (exact) mass is 380 g/mol. The molecule has 0 atom stereocenters. The molecule has 0 aliphatic carbocycles. The van der Waals surface area contributed by atoms with Crippen LogP contribution in [0.25, 0.3) is 0 Å². The highest BCUT2D eigenvalue weighted by atomic mass is 79.9. The van der Waals surface area contributed by atoms with E-state index in [-0.39, 0.29) is 10.0 Å². The molecule has 0 heterocycles. The Morgan fingerprint density at radius 2 is 1.90 bits per heavy atom. The third-order valence-electron chi connectivity index (χ3n) is 3.55. The molecule has 21 heavy (non-hydrogen) atoms. The molecule has 0 aromatic heterocycles. The SMILES string of the molecule is CCC(C)(CC)NC(=O)c1cc(S(N)(=O)=O)c(F)cc1Br. The molecule has 1 amide bonds. The second-order valence-corrected chi connectivity index (χ2v) is 7.41. The van der Waals surface area contributed by atoms with E-state index < -0.39 is 32.2 Å². The molecule has 0 aliphatic heterocycles. The lowest BCUT2D eigenvalue weighted by Crippen LogP contribution is -2.45. The molecular formula is C13H18BrFN2O3S. The van der Waals surface area contributed by atoms with Gasteiger partial charge in [-0.1, -0.05) is 13.8 Å². The summed E-state index contributed by atoms with van der Waals surface area (Å²) in [6.45, 7) is 5.74. The van der Waals surface area contributed by atoms with E-state index >= 15 is 0 Å². The fourth-order valence-corrected chi connectivity index (χ4v) is 2.80. The predicted molar refractivity (Wildman–Crippen MR) is 81.9 cm³/mol. The summed E-state index contributed by atoms with van der Waals surface area (Å²) in [5, 5.41) is 7.76. The van der Waals surface area contributed by atoms with E-state index in [2.05, 4.69) is 21.2 Å². The number of benzene rings is 1. The first kappa shape index (κ1) is 18.1. The van der Waals surface area contributed by atoms with Crippen LogP contribution in [0.1, 0.15) is 44.0 Å². The number of primary sulfonamides is 1. The maximum atomic E-state index is 13.6. The van der Waals surface area contributed by atoms with Crippen LogP contribution in [0, 0.1) is 5.82 Å². The third kappa shape index (κ3) is 4.24. The van der Waals surface area contributed by atoms with Crippen LogP contribution in [0.3, 0.4) is 0 Å². The van der Waals surface area contributed by atoms with Crippen molar-refractivity contribution in [3.8, 4) is 0 Å². The Morgan fingerprint density at radius 1 is 1.38 bits per heavy atom. The van der Waals surface area contributed by atoms with Gasteiger partial charge in [-0.2, -0.15) is 0 Å². The molecule has 1 aromatic carbocycles. The second kappa shape index (κ2) is 6.41. The van der Waals surface area contributed by atoms with Gasteiger partial charge in [-0.3, -0.25) is 4.79 Å². The van der Waals surface area contributed by atoms with E-state index in [0.717, 1.165) is 12.1 Å². The lowest BCUT2D eigenvalue weighted by Gasteiger charge is -2.28. The van der Waals surface area contributed by atoms with Gasteiger partial charge in [0.25, 0.3) is 5.91 Å². The number of carbonyl (C=O) groups is 1. The average Bonchev–Trinajstić information content (AvgIpc) is 2.36. The molecule has 0 bridgehead atoms. The number of carbonyl (C=O) groups excluding carboxylic acids is 1. The molecule has 1 aromatic rings. The summed E-state index contributed by atoms with van der Waals surface area (Å²) < 4.78 is 36.5. The van der Waals surface area contributed by atoms with E-state index in [1.54, 1.807) is 0 Å². The van der Waals surface area contributed by atoms with Gasteiger partial charge in [0.2, 0.25) is 10.0 Å². The number of amides is 1. The van der Waals surface area contributed by atoms with E-state index in [4.69, 9.17) is 5.14 Å². The molecule has 8 heteroatoms. The quantitative estimate of drug-likeness (QED) is 0.822. The first-order valence-electron chi connectivity index (χ1n) is 6.38. The lowest BCUT2D eigenvalue weighted by atomic mass is 9.95. The highest BCUT2D eigenvalue weighted by molar-refractivity contribution is 9.10. The van der Waals surface area contributed by atoms with Crippen molar-refractivity contribution in [2.45, 2.75) is 44.0 Å². The first-order chi connectivity index (χ1) is 9.54. The summed E-state index contributed by atoms with van der Waals surface area (Å²) in [5.74, 6) is -1.49. The molecule has 0 aliphatic rings. The fourth-order valence-electron chi connectivity index (χ4n) is 1.69. The van der Waals surface area contributed by atoms with Crippen molar-refractivity contribution in [2.75, 3.05) is 0 Å². The Kier molecular flexibility index (Phi) is 5.51. The highest BCUT2D eigenvalue weighted by Gasteiger charge is 2.26. The van der Waals surface area contributed by atoms with Gasteiger partial charge in [0.1, 0.15) is 10.7 Å². The van der Waals surface area contributed by atoms with Crippen molar-refractivity contribution in [3.05, 3.63) is 28.0 Å². The Hall–Kier alpha value is -0.990. The summed E-state index contributed by atoms with van der Waals surface area (Å²) in [6, 6.07) is 1.86. The van der Waals surface area contributed by atoms with Gasteiger partial charge in [-0.25, -0.2) is 17.9 Å². The molecule has 0 radical (unpaired) electrons. The van der Waals surface area contributed by atoms with E-state index in [1.165, 1.54) is 0 Å².